The van der Waals surface area contributed by atoms with Crippen molar-refractivity contribution in [3.8, 4) is 11.5 Å². The summed E-state index contributed by atoms with van der Waals surface area (Å²) in [6.45, 7) is 4.31. The number of anilines is 4. The van der Waals surface area contributed by atoms with Gasteiger partial charge in [0, 0.05) is 41.8 Å². The van der Waals surface area contributed by atoms with Gasteiger partial charge in [0.15, 0.2) is 0 Å². The van der Waals surface area contributed by atoms with Gasteiger partial charge in [-0.1, -0.05) is 19.1 Å². The van der Waals surface area contributed by atoms with E-state index in [-0.39, 0.29) is 17.1 Å². The number of nitrogens with one attached hydrogen (secondary N) is 4. The van der Waals surface area contributed by atoms with Crippen LogP contribution in [-0.2, 0) is 6.42 Å². The summed E-state index contributed by atoms with van der Waals surface area (Å²) in [6.07, 6.45) is 1.16. The van der Waals surface area contributed by atoms with Crippen molar-refractivity contribution in [1.29, 1.82) is 0 Å². The summed E-state index contributed by atoms with van der Waals surface area (Å²) >= 11 is 0. The van der Waals surface area contributed by atoms with Gasteiger partial charge in [0.25, 0.3) is 11.4 Å². The van der Waals surface area contributed by atoms with Crippen LogP contribution in [0.3, 0.4) is 0 Å². The van der Waals surface area contributed by atoms with Gasteiger partial charge in [-0.25, -0.2) is 0 Å². The van der Waals surface area contributed by atoms with E-state index in [2.05, 4.69) is 21.7 Å². The Bertz CT molecular complexity index is 1560. The van der Waals surface area contributed by atoms with Crippen LogP contribution in [0.5, 0.6) is 11.5 Å². The molecule has 4 rings (SSSR count). The van der Waals surface area contributed by atoms with Crippen molar-refractivity contribution >= 4 is 34.1 Å². The molecule has 0 radical (unpaired) electrons. The maximum Gasteiger partial charge on any atom is 0.271 e. The van der Waals surface area contributed by atoms with Crippen molar-refractivity contribution in [2.75, 3.05) is 28.3 Å². The smallest absolute Gasteiger partial charge is 0.271 e. The van der Waals surface area contributed by atoms with E-state index >= 15 is 0 Å². The predicted molar refractivity (Wildman–Crippen MR) is 159 cm³/mol. The number of rotatable bonds is 13. The quantitative estimate of drug-likeness (QED) is 0.0671. The summed E-state index contributed by atoms with van der Waals surface area (Å²) in [5.41, 5.74) is 16.5. The molecular weight excluding hydrogens is 528 g/mol. The Morgan fingerprint density at radius 1 is 0.732 bits per heavy atom. The molecule has 0 atom stereocenters. The SMILES string of the molecule is CCCOc1ccc(NNc2cccc([N+](=O)[O-])c2)cc1Cc1cc(NNc2cccc([N+](=O)[O-])c2)cc(C)c1O. The second kappa shape index (κ2) is 13.0. The van der Waals surface area contributed by atoms with E-state index < -0.39 is 9.85 Å². The normalized spacial score (nSPS) is 10.5. The number of nitro benzene ring substituents is 2. The van der Waals surface area contributed by atoms with Crippen molar-refractivity contribution < 1.29 is 19.7 Å². The Morgan fingerprint density at radius 3 is 1.83 bits per heavy atom. The second-order valence-corrected chi connectivity index (χ2v) is 9.26. The topological polar surface area (TPSA) is 164 Å². The zero-order chi connectivity index (χ0) is 29.4. The van der Waals surface area contributed by atoms with Crippen LogP contribution in [0, 0.1) is 27.2 Å². The van der Waals surface area contributed by atoms with E-state index in [0.29, 0.717) is 52.7 Å². The fourth-order valence-corrected chi connectivity index (χ4v) is 4.10. The summed E-state index contributed by atoms with van der Waals surface area (Å²) in [5, 5.41) is 33.0. The lowest BCUT2D eigenvalue weighted by Crippen LogP contribution is -2.10. The van der Waals surface area contributed by atoms with Gasteiger partial charge in [0.05, 0.1) is 39.2 Å². The Hall–Kier alpha value is -5.52. The van der Waals surface area contributed by atoms with E-state index in [1.54, 1.807) is 43.3 Å². The minimum atomic E-state index is -0.464. The third kappa shape index (κ3) is 7.53. The van der Waals surface area contributed by atoms with Gasteiger partial charge >= 0.3 is 0 Å². The number of phenols is 1. The summed E-state index contributed by atoms with van der Waals surface area (Å²) in [4.78, 5) is 21.2. The third-order valence-corrected chi connectivity index (χ3v) is 6.10. The number of nitrogens with zero attached hydrogens (tertiary/aromatic N) is 2. The summed E-state index contributed by atoms with van der Waals surface area (Å²) < 4.78 is 5.97. The predicted octanol–water partition coefficient (Wildman–Crippen LogP) is 6.77. The van der Waals surface area contributed by atoms with E-state index in [4.69, 9.17) is 4.74 Å². The monoisotopic (exact) mass is 558 g/mol. The zero-order valence-electron chi connectivity index (χ0n) is 22.5. The van der Waals surface area contributed by atoms with Crippen molar-refractivity contribution in [1.82, 2.24) is 0 Å². The first-order valence-electron chi connectivity index (χ1n) is 12.8. The summed E-state index contributed by atoms with van der Waals surface area (Å²) in [6, 6.07) is 21.3. The highest BCUT2D eigenvalue weighted by Crippen LogP contribution is 2.33. The van der Waals surface area contributed by atoms with Crippen LogP contribution in [0.4, 0.5) is 34.1 Å². The van der Waals surface area contributed by atoms with Gasteiger partial charge in [-0.15, -0.1) is 0 Å². The molecule has 0 spiro atoms. The zero-order valence-corrected chi connectivity index (χ0v) is 22.5. The first kappa shape index (κ1) is 28.5. The molecule has 0 saturated heterocycles. The molecule has 41 heavy (non-hydrogen) atoms. The Balaban J connectivity index is 1.55. The maximum absolute atomic E-state index is 11.1. The molecule has 0 amide bonds. The molecule has 4 aromatic carbocycles. The first-order chi connectivity index (χ1) is 19.7. The fraction of sp³-hybridized carbons (Fsp3) is 0.172. The Labute approximate surface area is 236 Å². The number of aromatic hydroxyl groups is 1. The molecule has 0 aliphatic rings. The van der Waals surface area contributed by atoms with E-state index in [9.17, 15) is 25.3 Å². The Kier molecular flexibility index (Phi) is 9.05. The number of ether oxygens (including phenoxy) is 1. The third-order valence-electron chi connectivity index (χ3n) is 6.10. The Morgan fingerprint density at radius 2 is 1.27 bits per heavy atom. The van der Waals surface area contributed by atoms with Gasteiger partial charge < -0.3 is 31.5 Å². The van der Waals surface area contributed by atoms with Gasteiger partial charge in [-0.3, -0.25) is 20.2 Å². The van der Waals surface area contributed by atoms with Gasteiger partial charge in [-0.2, -0.15) is 0 Å². The van der Waals surface area contributed by atoms with Gasteiger partial charge in [0.2, 0.25) is 0 Å². The summed E-state index contributed by atoms with van der Waals surface area (Å²) in [7, 11) is 0. The fourth-order valence-electron chi connectivity index (χ4n) is 4.10. The maximum atomic E-state index is 11.1. The molecule has 0 aliphatic carbocycles. The lowest BCUT2D eigenvalue weighted by molar-refractivity contribution is -0.385. The molecule has 0 aromatic heterocycles. The van der Waals surface area contributed by atoms with Crippen LogP contribution in [-0.4, -0.2) is 21.6 Å². The standard InChI is InChI=1S/C29H30N6O6/c1-3-12-41-28-11-10-24(32-30-22-6-4-8-26(17-22)34(37)38)15-20(28)14-21-16-25(13-19(2)29(21)36)33-31-23-7-5-9-27(18-23)35(39)40/h4-11,13,15-18,30-33,36H,3,12,14H2,1-2H3. The van der Waals surface area contributed by atoms with Gasteiger partial charge in [0.1, 0.15) is 11.5 Å². The van der Waals surface area contributed by atoms with Crippen LogP contribution in [0.2, 0.25) is 0 Å². The molecular formula is C29H30N6O6. The minimum absolute atomic E-state index is 0.0277. The molecule has 0 fully saturated rings. The number of non-ortho nitro benzene ring substituents is 2. The van der Waals surface area contributed by atoms with E-state index in [1.807, 2.05) is 25.1 Å². The van der Waals surface area contributed by atoms with Crippen molar-refractivity contribution in [3.05, 3.63) is 116 Å². The minimum Gasteiger partial charge on any atom is -0.507 e. The highest BCUT2D eigenvalue weighted by Gasteiger charge is 2.14. The van der Waals surface area contributed by atoms with Crippen molar-refractivity contribution in [2.45, 2.75) is 26.7 Å². The molecule has 12 nitrogen and oxygen atoms in total. The molecule has 5 N–H and O–H groups in total. The van der Waals surface area contributed by atoms with E-state index in [0.717, 1.165) is 12.0 Å². The van der Waals surface area contributed by atoms with Gasteiger partial charge in [-0.05, 0) is 61.4 Å². The van der Waals surface area contributed by atoms with Crippen molar-refractivity contribution in [3.63, 3.8) is 0 Å². The molecule has 0 aliphatic heterocycles. The van der Waals surface area contributed by atoms with Crippen LogP contribution < -0.4 is 26.4 Å². The van der Waals surface area contributed by atoms with Crippen LogP contribution in [0.1, 0.15) is 30.0 Å². The average molecular weight is 559 g/mol. The van der Waals surface area contributed by atoms with Crippen molar-refractivity contribution in [2.24, 2.45) is 0 Å². The number of nitro groups is 2. The summed E-state index contributed by atoms with van der Waals surface area (Å²) in [5.74, 6) is 0.804. The highest BCUT2D eigenvalue weighted by molar-refractivity contribution is 5.62. The first-order valence-corrected chi connectivity index (χ1v) is 12.8. The van der Waals surface area contributed by atoms with Crippen LogP contribution >= 0.6 is 0 Å². The second-order valence-electron chi connectivity index (χ2n) is 9.26. The van der Waals surface area contributed by atoms with E-state index in [1.165, 1.54) is 24.3 Å². The lowest BCUT2D eigenvalue weighted by Gasteiger charge is -2.17. The number of aryl methyl sites for hydroxylation is 1. The van der Waals surface area contributed by atoms with Crippen LogP contribution in [0.25, 0.3) is 0 Å². The molecule has 0 heterocycles. The molecule has 0 bridgehead atoms. The lowest BCUT2D eigenvalue weighted by atomic mass is 9.99. The number of hydrazine groups is 2. The molecule has 0 saturated carbocycles. The number of benzene rings is 4. The molecule has 212 valence electrons. The number of hydrogen-bond acceptors (Lipinski definition) is 10. The molecule has 4 aromatic rings. The highest BCUT2D eigenvalue weighted by atomic mass is 16.6. The van der Waals surface area contributed by atoms with Crippen LogP contribution in [0.15, 0.2) is 78.9 Å². The molecule has 0 unspecified atom stereocenters. The average Bonchev–Trinajstić information content (AvgIpc) is 2.97. The number of hydrogen-bond donors (Lipinski definition) is 5. The largest absolute Gasteiger partial charge is 0.507 e. The molecule has 12 heteroatoms. The number of phenolic OH excluding ortho intramolecular Hbond substituents is 1.